The largest absolute Gasteiger partial charge is 0.324 e. The molecule has 5 aromatic rings. The Morgan fingerprint density at radius 3 is 2.47 bits per heavy atom. The predicted octanol–water partition coefficient (Wildman–Crippen LogP) is 7.87. The van der Waals surface area contributed by atoms with Crippen LogP contribution in [0.2, 0.25) is 0 Å². The van der Waals surface area contributed by atoms with Crippen LogP contribution in [0.1, 0.15) is 46.3 Å². The molecule has 1 N–H and O–H groups in total. The molecule has 0 spiro atoms. The average molecular weight is 596 g/mol. The normalized spacial score (nSPS) is 13.4. The zero-order chi connectivity index (χ0) is 29.8. The predicted molar refractivity (Wildman–Crippen MR) is 167 cm³/mol. The number of carbonyl (C=O) groups excluding carboxylic acids is 1. The number of anilines is 2. The molecule has 218 valence electrons. The number of carbonyl (C=O) groups is 1. The third-order valence-electron chi connectivity index (χ3n) is 7.46. The zero-order valence-electron chi connectivity index (χ0n) is 23.8. The number of nitrogens with one attached hydrogen (secondary N) is 1. The van der Waals surface area contributed by atoms with Crippen molar-refractivity contribution in [2.24, 2.45) is 0 Å². The number of ketones is 1. The fraction of sp³-hybridized carbons (Fsp3) is 0.235. The standard InChI is InChI=1S/C34H31F2N5OS/c1-2-30-40-32(24-10-5-8-22(18-24)20-29(42)31-26(35)12-7-13-27(31)36)33(43-30)28-14-15-37-34(39-28)38-25-11-6-9-23(19-25)21-41-16-3-4-17-41/h5-15,18-19H,2-4,16-17,20-21H2,1H3,(H,37,38,39). The first kappa shape index (κ1) is 28.8. The number of hydrogen-bond donors (Lipinski definition) is 1. The van der Waals surface area contributed by atoms with Crippen LogP contribution >= 0.6 is 11.3 Å². The van der Waals surface area contributed by atoms with E-state index in [0.29, 0.717) is 11.5 Å². The van der Waals surface area contributed by atoms with Gasteiger partial charge in [-0.25, -0.2) is 23.7 Å². The number of benzene rings is 3. The third-order valence-corrected chi connectivity index (χ3v) is 8.68. The highest BCUT2D eigenvalue weighted by atomic mass is 32.1. The summed E-state index contributed by atoms with van der Waals surface area (Å²) in [6.45, 7) is 5.26. The molecule has 1 saturated heterocycles. The van der Waals surface area contributed by atoms with Gasteiger partial charge in [-0.2, -0.15) is 0 Å². The van der Waals surface area contributed by atoms with Crippen molar-refractivity contribution in [2.45, 2.75) is 39.2 Å². The van der Waals surface area contributed by atoms with Gasteiger partial charge in [-0.3, -0.25) is 9.69 Å². The Bertz CT molecular complexity index is 1750. The Morgan fingerprint density at radius 1 is 0.930 bits per heavy atom. The highest BCUT2D eigenvalue weighted by molar-refractivity contribution is 7.15. The first-order valence-corrected chi connectivity index (χ1v) is 15.3. The van der Waals surface area contributed by atoms with Gasteiger partial charge in [0.2, 0.25) is 5.95 Å². The fourth-order valence-corrected chi connectivity index (χ4v) is 6.37. The van der Waals surface area contributed by atoms with E-state index >= 15 is 0 Å². The minimum absolute atomic E-state index is 0.135. The SMILES string of the molecule is CCc1nc(-c2cccc(CC(=O)c3c(F)cccc3F)c2)c(-c2ccnc(Nc3cccc(CN4CCCC4)c3)n2)s1. The monoisotopic (exact) mass is 595 g/mol. The molecule has 0 radical (unpaired) electrons. The highest BCUT2D eigenvalue weighted by Crippen LogP contribution is 2.37. The van der Waals surface area contributed by atoms with Gasteiger partial charge in [0, 0.05) is 30.4 Å². The molecule has 1 aliphatic heterocycles. The summed E-state index contributed by atoms with van der Waals surface area (Å²) >= 11 is 1.56. The lowest BCUT2D eigenvalue weighted by Gasteiger charge is -2.15. The van der Waals surface area contributed by atoms with Crippen LogP contribution in [0.15, 0.2) is 79.0 Å². The van der Waals surface area contributed by atoms with E-state index in [0.717, 1.165) is 70.7 Å². The Hall–Kier alpha value is -4.34. The summed E-state index contributed by atoms with van der Waals surface area (Å²) < 4.78 is 28.4. The lowest BCUT2D eigenvalue weighted by atomic mass is 9.99. The van der Waals surface area contributed by atoms with Crippen LogP contribution in [0, 0.1) is 11.6 Å². The molecular weight excluding hydrogens is 564 g/mol. The quantitative estimate of drug-likeness (QED) is 0.166. The van der Waals surface area contributed by atoms with Crippen molar-refractivity contribution in [1.29, 1.82) is 0 Å². The molecule has 3 aromatic carbocycles. The van der Waals surface area contributed by atoms with Crippen molar-refractivity contribution in [3.8, 4) is 21.8 Å². The number of nitrogens with zero attached hydrogens (tertiary/aromatic N) is 4. The molecule has 0 saturated carbocycles. The second-order valence-corrected chi connectivity index (χ2v) is 11.7. The molecule has 6 rings (SSSR count). The van der Waals surface area contributed by atoms with E-state index in [4.69, 9.17) is 9.97 Å². The maximum Gasteiger partial charge on any atom is 0.227 e. The molecule has 2 aromatic heterocycles. The average Bonchev–Trinajstić information content (AvgIpc) is 3.68. The third kappa shape index (κ3) is 6.68. The lowest BCUT2D eigenvalue weighted by molar-refractivity contribution is 0.0985. The van der Waals surface area contributed by atoms with Crippen LogP contribution in [0.3, 0.4) is 0 Å². The minimum atomic E-state index is -0.859. The van der Waals surface area contributed by atoms with Crippen LogP contribution in [-0.4, -0.2) is 38.7 Å². The summed E-state index contributed by atoms with van der Waals surface area (Å²) in [7, 11) is 0. The van der Waals surface area contributed by atoms with Crippen molar-refractivity contribution in [1.82, 2.24) is 19.9 Å². The van der Waals surface area contributed by atoms with Gasteiger partial charge < -0.3 is 5.32 Å². The van der Waals surface area contributed by atoms with Crippen molar-refractivity contribution in [2.75, 3.05) is 18.4 Å². The number of halogens is 2. The molecular formula is C34H31F2N5OS. The van der Waals surface area contributed by atoms with E-state index in [9.17, 15) is 13.6 Å². The number of aryl methyl sites for hydroxylation is 1. The number of rotatable bonds is 10. The number of aromatic nitrogens is 3. The van der Waals surface area contributed by atoms with Crippen LogP contribution in [0.5, 0.6) is 0 Å². The first-order chi connectivity index (χ1) is 21.0. The van der Waals surface area contributed by atoms with E-state index in [-0.39, 0.29) is 6.42 Å². The van der Waals surface area contributed by atoms with Gasteiger partial charge in [0.05, 0.1) is 26.8 Å². The van der Waals surface area contributed by atoms with Crippen molar-refractivity contribution in [3.05, 3.63) is 112 Å². The molecule has 6 nitrogen and oxygen atoms in total. The smallest absolute Gasteiger partial charge is 0.227 e. The maximum atomic E-state index is 14.2. The summed E-state index contributed by atoms with van der Waals surface area (Å²) in [6, 6.07) is 21.0. The summed E-state index contributed by atoms with van der Waals surface area (Å²) in [5.41, 5.74) is 4.57. The van der Waals surface area contributed by atoms with Crippen LogP contribution in [-0.2, 0) is 19.4 Å². The van der Waals surface area contributed by atoms with Gasteiger partial charge in [0.15, 0.2) is 5.78 Å². The van der Waals surface area contributed by atoms with Crippen molar-refractivity contribution >= 4 is 28.8 Å². The van der Waals surface area contributed by atoms with Crippen molar-refractivity contribution < 1.29 is 13.6 Å². The van der Waals surface area contributed by atoms with Gasteiger partial charge in [0.1, 0.15) is 11.6 Å². The highest BCUT2D eigenvalue weighted by Gasteiger charge is 2.20. The molecule has 9 heteroatoms. The Kier molecular flexibility index (Phi) is 8.62. The Labute approximate surface area is 253 Å². The van der Waals surface area contributed by atoms with E-state index in [1.54, 1.807) is 23.6 Å². The molecule has 3 heterocycles. The summed E-state index contributed by atoms with van der Waals surface area (Å²) in [5.74, 6) is -1.85. The number of Topliss-reactive ketones (excluding diaryl/α,β-unsaturated/α-hetero) is 1. The van der Waals surface area contributed by atoms with E-state index in [1.807, 2.05) is 43.3 Å². The molecule has 0 bridgehead atoms. The van der Waals surface area contributed by atoms with Crippen molar-refractivity contribution in [3.63, 3.8) is 0 Å². The first-order valence-electron chi connectivity index (χ1n) is 14.4. The van der Waals surface area contributed by atoms with Crippen LogP contribution < -0.4 is 5.32 Å². The fourth-order valence-electron chi connectivity index (χ4n) is 5.37. The topological polar surface area (TPSA) is 71.0 Å². The molecule has 0 amide bonds. The molecule has 0 aliphatic carbocycles. The lowest BCUT2D eigenvalue weighted by Crippen LogP contribution is -2.18. The number of likely N-dealkylation sites (tertiary alicyclic amines) is 1. The number of hydrogen-bond acceptors (Lipinski definition) is 7. The number of thiazole rings is 1. The van der Waals surface area contributed by atoms with E-state index in [2.05, 4.69) is 27.3 Å². The minimum Gasteiger partial charge on any atom is -0.324 e. The van der Waals surface area contributed by atoms with Gasteiger partial charge >= 0.3 is 0 Å². The Balaban J connectivity index is 1.26. The van der Waals surface area contributed by atoms with Gasteiger partial charge in [-0.15, -0.1) is 11.3 Å². The molecule has 0 atom stereocenters. The summed E-state index contributed by atoms with van der Waals surface area (Å²) in [5, 5.41) is 4.31. The maximum absolute atomic E-state index is 14.2. The second kappa shape index (κ2) is 12.9. The molecule has 0 unspecified atom stereocenters. The summed E-state index contributed by atoms with van der Waals surface area (Å²) in [4.78, 5) is 30.4. The van der Waals surface area contributed by atoms with Crippen LogP contribution in [0.4, 0.5) is 20.4 Å². The molecule has 1 aliphatic rings. The molecule has 43 heavy (non-hydrogen) atoms. The molecule has 1 fully saturated rings. The summed E-state index contributed by atoms with van der Waals surface area (Å²) in [6.07, 6.45) is 4.86. The van der Waals surface area contributed by atoms with Gasteiger partial charge in [-0.05, 0) is 79.9 Å². The zero-order valence-corrected chi connectivity index (χ0v) is 24.6. The Morgan fingerprint density at radius 2 is 1.67 bits per heavy atom. The van der Waals surface area contributed by atoms with Gasteiger partial charge in [-0.1, -0.05) is 43.3 Å². The van der Waals surface area contributed by atoms with Gasteiger partial charge in [0.25, 0.3) is 0 Å². The second-order valence-electron chi connectivity index (χ2n) is 10.6. The van der Waals surface area contributed by atoms with E-state index < -0.39 is 23.0 Å². The van der Waals surface area contributed by atoms with E-state index in [1.165, 1.54) is 24.5 Å². The van der Waals surface area contributed by atoms with Crippen LogP contribution in [0.25, 0.3) is 21.8 Å².